The van der Waals surface area contributed by atoms with Gasteiger partial charge < -0.3 is 15.2 Å². The lowest BCUT2D eigenvalue weighted by molar-refractivity contribution is -0.307. The summed E-state index contributed by atoms with van der Waals surface area (Å²) in [6.07, 6.45) is 0.320. The maximum atomic E-state index is 9.76. The van der Waals surface area contributed by atoms with Crippen LogP contribution in [0.25, 0.3) is 0 Å². The molecule has 0 aromatic carbocycles. The molecule has 0 fully saturated rings. The van der Waals surface area contributed by atoms with Crippen LogP contribution in [0.1, 0.15) is 6.92 Å². The molecule has 0 aromatic heterocycles. The Labute approximate surface area is 46.5 Å². The summed E-state index contributed by atoms with van der Waals surface area (Å²) in [6, 6.07) is -0.896. The number of rotatable bonds is 3. The molecule has 0 aromatic rings. The van der Waals surface area contributed by atoms with E-state index in [0.29, 0.717) is 6.41 Å². The molecule has 8 heavy (non-hydrogen) atoms. The van der Waals surface area contributed by atoms with Crippen LogP contribution in [-0.4, -0.2) is 18.4 Å². The van der Waals surface area contributed by atoms with Crippen LogP contribution in [0, 0.1) is 0 Å². The molecule has 0 aliphatic heterocycles. The molecule has 0 unspecified atom stereocenters. The van der Waals surface area contributed by atoms with Gasteiger partial charge in [-0.1, -0.05) is 0 Å². The highest BCUT2D eigenvalue weighted by Crippen LogP contribution is 1.71. The minimum absolute atomic E-state index is 0.320. The molecule has 1 atom stereocenters. The lowest BCUT2D eigenvalue weighted by atomic mass is 10.4. The Morgan fingerprint density at radius 2 is 2.38 bits per heavy atom. The number of carbonyl (C=O) groups excluding carboxylic acids is 2. The number of nitrogens with one attached hydrogen (secondary N) is 1. The van der Waals surface area contributed by atoms with Crippen LogP contribution in [0.4, 0.5) is 0 Å². The van der Waals surface area contributed by atoms with Gasteiger partial charge >= 0.3 is 0 Å². The van der Waals surface area contributed by atoms with Crippen molar-refractivity contribution in [1.29, 1.82) is 0 Å². The van der Waals surface area contributed by atoms with Gasteiger partial charge in [-0.2, -0.15) is 0 Å². The SMILES string of the molecule is C[C@H](NC=O)C(=O)[O-]. The van der Waals surface area contributed by atoms with Crippen molar-refractivity contribution in [2.24, 2.45) is 0 Å². The minimum atomic E-state index is -1.28. The van der Waals surface area contributed by atoms with E-state index < -0.39 is 12.0 Å². The Hall–Kier alpha value is -1.06. The molecule has 4 heteroatoms. The van der Waals surface area contributed by atoms with Crippen LogP contribution >= 0.6 is 0 Å². The van der Waals surface area contributed by atoms with Gasteiger partial charge in [0.2, 0.25) is 6.41 Å². The lowest BCUT2D eigenvalue weighted by Gasteiger charge is -2.08. The van der Waals surface area contributed by atoms with Crippen molar-refractivity contribution in [3.8, 4) is 0 Å². The van der Waals surface area contributed by atoms with E-state index in [0.717, 1.165) is 0 Å². The van der Waals surface area contributed by atoms with Crippen molar-refractivity contribution in [1.82, 2.24) is 5.32 Å². The summed E-state index contributed by atoms with van der Waals surface area (Å²) in [5.74, 6) is -1.28. The van der Waals surface area contributed by atoms with Crippen LogP contribution in [0.3, 0.4) is 0 Å². The third-order valence-corrected chi connectivity index (χ3v) is 0.672. The number of carbonyl (C=O) groups is 2. The topological polar surface area (TPSA) is 69.2 Å². The molecule has 0 saturated carbocycles. The fourth-order valence-corrected chi connectivity index (χ4v) is 0.170. The number of carboxylic acid groups (broad SMARTS) is 1. The first-order valence-corrected chi connectivity index (χ1v) is 2.09. The molecule has 46 valence electrons. The Balaban J connectivity index is 3.46. The predicted octanol–water partition coefficient (Wildman–Crippen LogP) is -2.13. The molecule has 0 aliphatic carbocycles. The van der Waals surface area contributed by atoms with Gasteiger partial charge in [0.15, 0.2) is 0 Å². The zero-order valence-electron chi connectivity index (χ0n) is 4.38. The highest BCUT2D eigenvalue weighted by atomic mass is 16.4. The summed E-state index contributed by atoms with van der Waals surface area (Å²) in [5.41, 5.74) is 0. The van der Waals surface area contributed by atoms with Crippen LogP contribution in [0.5, 0.6) is 0 Å². The van der Waals surface area contributed by atoms with Gasteiger partial charge in [-0.3, -0.25) is 4.79 Å². The molecule has 4 nitrogen and oxygen atoms in total. The number of amides is 1. The van der Waals surface area contributed by atoms with E-state index in [1.165, 1.54) is 6.92 Å². The Morgan fingerprint density at radius 3 is 2.50 bits per heavy atom. The molecule has 0 radical (unpaired) electrons. The van der Waals surface area contributed by atoms with Gasteiger partial charge in [-0.15, -0.1) is 0 Å². The number of hydrogen-bond acceptors (Lipinski definition) is 3. The minimum Gasteiger partial charge on any atom is -0.548 e. The average Bonchev–Trinajstić information content (AvgIpc) is 1.67. The van der Waals surface area contributed by atoms with Crippen molar-refractivity contribution in [3.05, 3.63) is 0 Å². The molecule has 0 spiro atoms. The number of hydrogen-bond donors (Lipinski definition) is 1. The van der Waals surface area contributed by atoms with Crippen LogP contribution in [-0.2, 0) is 9.59 Å². The molecule has 0 heterocycles. The zero-order chi connectivity index (χ0) is 6.57. The fourth-order valence-electron chi connectivity index (χ4n) is 0.170. The maximum absolute atomic E-state index is 9.76. The summed E-state index contributed by atoms with van der Waals surface area (Å²) < 4.78 is 0. The monoisotopic (exact) mass is 116 g/mol. The van der Waals surface area contributed by atoms with E-state index in [9.17, 15) is 14.7 Å². The van der Waals surface area contributed by atoms with Crippen molar-refractivity contribution >= 4 is 12.4 Å². The van der Waals surface area contributed by atoms with E-state index in [1.807, 2.05) is 5.32 Å². The highest BCUT2D eigenvalue weighted by molar-refractivity contribution is 5.73. The normalized spacial score (nSPS) is 12.1. The quantitative estimate of drug-likeness (QED) is 0.428. The zero-order valence-corrected chi connectivity index (χ0v) is 4.38. The van der Waals surface area contributed by atoms with Gasteiger partial charge in [0, 0.05) is 0 Å². The molecule has 0 bridgehead atoms. The Bertz CT molecular complexity index is 101. The molecule has 1 amide bonds. The summed E-state index contributed by atoms with van der Waals surface area (Å²) in [5, 5.41) is 11.8. The first kappa shape index (κ1) is 6.94. The standard InChI is InChI=1S/C4H7NO3/c1-3(4(7)8)5-2-6/h2-3H,1H3,(H,5,6)(H,7,8)/p-1/t3-/m0/s1. The van der Waals surface area contributed by atoms with Crippen molar-refractivity contribution in [3.63, 3.8) is 0 Å². The molecule has 0 rings (SSSR count). The van der Waals surface area contributed by atoms with E-state index >= 15 is 0 Å². The largest absolute Gasteiger partial charge is 0.548 e. The first-order chi connectivity index (χ1) is 3.68. The molecular formula is C4H6NO3-. The highest BCUT2D eigenvalue weighted by Gasteiger charge is 1.95. The molecule has 0 aliphatic rings. The average molecular weight is 116 g/mol. The molecule has 0 saturated heterocycles. The third-order valence-electron chi connectivity index (χ3n) is 0.672. The second kappa shape index (κ2) is 3.01. The van der Waals surface area contributed by atoms with E-state index in [2.05, 4.69) is 0 Å². The lowest BCUT2D eigenvalue weighted by Crippen LogP contribution is -2.42. The van der Waals surface area contributed by atoms with E-state index in [1.54, 1.807) is 0 Å². The summed E-state index contributed by atoms with van der Waals surface area (Å²) in [7, 11) is 0. The third kappa shape index (κ3) is 2.17. The van der Waals surface area contributed by atoms with Crippen LogP contribution in [0.2, 0.25) is 0 Å². The van der Waals surface area contributed by atoms with E-state index in [4.69, 9.17) is 0 Å². The Kier molecular flexibility index (Phi) is 2.61. The smallest absolute Gasteiger partial charge is 0.207 e. The first-order valence-electron chi connectivity index (χ1n) is 2.09. The second-order valence-corrected chi connectivity index (χ2v) is 1.33. The van der Waals surface area contributed by atoms with Crippen LogP contribution in [0.15, 0.2) is 0 Å². The van der Waals surface area contributed by atoms with Gasteiger partial charge in [-0.05, 0) is 6.92 Å². The van der Waals surface area contributed by atoms with Crippen molar-refractivity contribution in [2.75, 3.05) is 0 Å². The summed E-state index contributed by atoms with van der Waals surface area (Å²) >= 11 is 0. The maximum Gasteiger partial charge on any atom is 0.207 e. The summed E-state index contributed by atoms with van der Waals surface area (Å²) in [4.78, 5) is 19.3. The number of aliphatic carboxylic acids is 1. The number of carboxylic acids is 1. The van der Waals surface area contributed by atoms with Gasteiger partial charge in [-0.25, -0.2) is 0 Å². The van der Waals surface area contributed by atoms with Crippen LogP contribution < -0.4 is 10.4 Å². The van der Waals surface area contributed by atoms with Gasteiger partial charge in [0.1, 0.15) is 0 Å². The van der Waals surface area contributed by atoms with Crippen molar-refractivity contribution < 1.29 is 14.7 Å². The fraction of sp³-hybridized carbons (Fsp3) is 0.500. The van der Waals surface area contributed by atoms with Crippen molar-refractivity contribution in [2.45, 2.75) is 13.0 Å². The Morgan fingerprint density at radius 1 is 1.88 bits per heavy atom. The van der Waals surface area contributed by atoms with Gasteiger partial charge in [0.25, 0.3) is 0 Å². The van der Waals surface area contributed by atoms with Gasteiger partial charge in [0.05, 0.1) is 12.0 Å². The molecule has 1 N–H and O–H groups in total. The predicted molar refractivity (Wildman–Crippen MR) is 23.7 cm³/mol. The summed E-state index contributed by atoms with van der Waals surface area (Å²) in [6.45, 7) is 1.32. The molecular weight excluding hydrogens is 110 g/mol. The van der Waals surface area contributed by atoms with E-state index in [-0.39, 0.29) is 0 Å². The second-order valence-electron chi connectivity index (χ2n) is 1.33.